The number of nitrogens with two attached hydrogens (primary N) is 1. The van der Waals surface area contributed by atoms with E-state index in [-0.39, 0.29) is 17.5 Å². The number of primary amides is 1. The summed E-state index contributed by atoms with van der Waals surface area (Å²) in [5.41, 5.74) is 8.94. The summed E-state index contributed by atoms with van der Waals surface area (Å²) in [6, 6.07) is 9.75. The number of benzene rings is 1. The van der Waals surface area contributed by atoms with E-state index in [0.717, 1.165) is 55.7 Å². The van der Waals surface area contributed by atoms with Crippen molar-refractivity contribution in [1.82, 2.24) is 24.4 Å². The van der Waals surface area contributed by atoms with Crippen molar-refractivity contribution in [3.63, 3.8) is 0 Å². The van der Waals surface area contributed by atoms with E-state index < -0.39 is 5.91 Å². The third-order valence-corrected chi connectivity index (χ3v) is 6.89. The molecule has 0 saturated carbocycles. The van der Waals surface area contributed by atoms with Crippen molar-refractivity contribution in [2.75, 3.05) is 19.6 Å². The topological polar surface area (TPSA) is 96.8 Å². The molecule has 2 aliphatic heterocycles. The molecular formula is C25H30N6O2. The minimum Gasteiger partial charge on any atom is -0.365 e. The lowest BCUT2D eigenvalue weighted by molar-refractivity contribution is 0.0600. The number of hydrogen-bond donors (Lipinski definition) is 1. The molecule has 8 heteroatoms. The summed E-state index contributed by atoms with van der Waals surface area (Å²) in [7, 11) is 0. The molecule has 0 spiro atoms. The molecule has 1 atom stereocenters. The average molecular weight is 447 g/mol. The molecule has 2 N–H and O–H groups in total. The van der Waals surface area contributed by atoms with Crippen LogP contribution < -0.4 is 5.73 Å². The Balaban J connectivity index is 1.47. The van der Waals surface area contributed by atoms with Gasteiger partial charge in [0, 0.05) is 24.8 Å². The van der Waals surface area contributed by atoms with Gasteiger partial charge in [-0.25, -0.2) is 9.50 Å². The zero-order valence-corrected chi connectivity index (χ0v) is 18.8. The van der Waals surface area contributed by atoms with Gasteiger partial charge >= 0.3 is 0 Å². The Kier molecular flexibility index (Phi) is 6.09. The molecular weight excluding hydrogens is 416 g/mol. The van der Waals surface area contributed by atoms with Gasteiger partial charge in [0.2, 0.25) is 0 Å². The number of amides is 2. The van der Waals surface area contributed by atoms with Gasteiger partial charge in [0.1, 0.15) is 5.56 Å². The van der Waals surface area contributed by atoms with Crippen LogP contribution >= 0.6 is 0 Å². The summed E-state index contributed by atoms with van der Waals surface area (Å²) < 4.78 is 1.66. The fourth-order valence-corrected chi connectivity index (χ4v) is 5.20. The molecule has 4 heterocycles. The zero-order valence-electron chi connectivity index (χ0n) is 18.8. The number of carbonyl (C=O) groups excluding carboxylic acids is 2. The van der Waals surface area contributed by atoms with E-state index in [2.05, 4.69) is 21.0 Å². The summed E-state index contributed by atoms with van der Waals surface area (Å²) in [5.74, 6) is -0.502. The van der Waals surface area contributed by atoms with Gasteiger partial charge in [0.05, 0.1) is 17.9 Å². The Morgan fingerprint density at radius 2 is 1.76 bits per heavy atom. The lowest BCUT2D eigenvalue weighted by Gasteiger charge is -2.36. The molecule has 8 nitrogen and oxygen atoms in total. The number of rotatable bonds is 5. The highest BCUT2D eigenvalue weighted by Gasteiger charge is 2.32. The van der Waals surface area contributed by atoms with Gasteiger partial charge in [-0.3, -0.25) is 14.5 Å². The highest BCUT2D eigenvalue weighted by Crippen LogP contribution is 2.33. The van der Waals surface area contributed by atoms with E-state index in [1.165, 1.54) is 25.5 Å². The van der Waals surface area contributed by atoms with Gasteiger partial charge in [-0.2, -0.15) is 5.10 Å². The molecule has 0 unspecified atom stereocenters. The second kappa shape index (κ2) is 9.31. The predicted octanol–water partition coefficient (Wildman–Crippen LogP) is 3.18. The second-order valence-electron chi connectivity index (χ2n) is 9.03. The Labute approximate surface area is 193 Å². The van der Waals surface area contributed by atoms with Crippen molar-refractivity contribution in [2.24, 2.45) is 5.73 Å². The van der Waals surface area contributed by atoms with Crippen LogP contribution in [0.4, 0.5) is 0 Å². The lowest BCUT2D eigenvalue weighted by atomic mass is 9.96. The molecule has 2 aliphatic rings. The highest BCUT2D eigenvalue weighted by molar-refractivity contribution is 5.98. The molecule has 2 aromatic heterocycles. The maximum atomic E-state index is 13.9. The van der Waals surface area contributed by atoms with E-state index in [4.69, 9.17) is 5.73 Å². The van der Waals surface area contributed by atoms with Gasteiger partial charge in [0.25, 0.3) is 11.8 Å². The van der Waals surface area contributed by atoms with E-state index in [9.17, 15) is 9.59 Å². The second-order valence-corrected chi connectivity index (χ2v) is 9.03. The van der Waals surface area contributed by atoms with Crippen LogP contribution in [0.3, 0.4) is 0 Å². The molecule has 0 bridgehead atoms. The number of aromatic nitrogens is 3. The SMILES string of the molecule is NC(=O)c1cnn2c([C@@H]3CCCCN3C(=O)c3ccccc3CN3CCCCC3)ccnc12. The Bertz CT molecular complexity index is 1170. The first-order valence-corrected chi connectivity index (χ1v) is 11.9. The smallest absolute Gasteiger partial charge is 0.254 e. The van der Waals surface area contributed by atoms with Gasteiger partial charge in [-0.1, -0.05) is 24.6 Å². The van der Waals surface area contributed by atoms with Gasteiger partial charge < -0.3 is 10.6 Å². The predicted molar refractivity (Wildman–Crippen MR) is 125 cm³/mol. The third kappa shape index (κ3) is 4.23. The van der Waals surface area contributed by atoms with Crippen molar-refractivity contribution in [1.29, 1.82) is 0 Å². The summed E-state index contributed by atoms with van der Waals surface area (Å²) >= 11 is 0. The fourth-order valence-electron chi connectivity index (χ4n) is 5.20. The Morgan fingerprint density at radius 1 is 0.970 bits per heavy atom. The molecule has 0 radical (unpaired) electrons. The first kappa shape index (κ1) is 21.6. The van der Waals surface area contributed by atoms with Crippen molar-refractivity contribution in [2.45, 2.75) is 51.1 Å². The van der Waals surface area contributed by atoms with E-state index in [1.807, 2.05) is 29.2 Å². The maximum Gasteiger partial charge on any atom is 0.254 e. The molecule has 2 saturated heterocycles. The highest BCUT2D eigenvalue weighted by atomic mass is 16.2. The van der Waals surface area contributed by atoms with Crippen LogP contribution in [0.5, 0.6) is 0 Å². The minimum atomic E-state index is -0.558. The standard InChI is InChI=1S/C25H30N6O2/c26-23(32)20-16-28-31-22(11-12-27-24(20)31)21-10-4-7-15-30(21)25(33)19-9-3-2-8-18(19)17-29-13-5-1-6-14-29/h2-3,8-9,11-12,16,21H,1,4-7,10,13-15,17H2,(H2,26,32)/t21-/m0/s1. The number of carbonyl (C=O) groups is 2. The number of fused-ring (bicyclic) bond motifs is 1. The molecule has 0 aliphatic carbocycles. The summed E-state index contributed by atoms with van der Waals surface area (Å²) in [4.78, 5) is 34.4. The minimum absolute atomic E-state index is 0.0551. The van der Waals surface area contributed by atoms with Crippen LogP contribution in [0, 0.1) is 0 Å². The van der Waals surface area contributed by atoms with Crippen LogP contribution in [0.25, 0.3) is 5.65 Å². The van der Waals surface area contributed by atoms with Crippen LogP contribution in [0.1, 0.15) is 76.5 Å². The van der Waals surface area contributed by atoms with Crippen LogP contribution in [-0.2, 0) is 6.54 Å². The zero-order chi connectivity index (χ0) is 22.8. The molecule has 172 valence electrons. The molecule has 2 amide bonds. The van der Waals surface area contributed by atoms with Crippen molar-refractivity contribution < 1.29 is 9.59 Å². The number of piperidine rings is 2. The van der Waals surface area contributed by atoms with Crippen molar-refractivity contribution >= 4 is 17.5 Å². The van der Waals surface area contributed by atoms with E-state index >= 15 is 0 Å². The first-order valence-electron chi connectivity index (χ1n) is 11.9. The molecule has 3 aromatic rings. The maximum absolute atomic E-state index is 13.9. The first-order chi connectivity index (χ1) is 16.1. The summed E-state index contributed by atoms with van der Waals surface area (Å²) in [5, 5.41) is 4.39. The molecule has 2 fully saturated rings. The lowest BCUT2D eigenvalue weighted by Crippen LogP contribution is -2.40. The van der Waals surface area contributed by atoms with Crippen LogP contribution in [0.2, 0.25) is 0 Å². The molecule has 1 aromatic carbocycles. The van der Waals surface area contributed by atoms with Gasteiger partial charge in [0.15, 0.2) is 5.65 Å². The van der Waals surface area contributed by atoms with Crippen LogP contribution in [0.15, 0.2) is 42.7 Å². The van der Waals surface area contributed by atoms with E-state index in [1.54, 1.807) is 10.7 Å². The van der Waals surface area contributed by atoms with Crippen LogP contribution in [-0.4, -0.2) is 55.8 Å². The Morgan fingerprint density at radius 3 is 2.58 bits per heavy atom. The fraction of sp³-hybridized carbons (Fsp3) is 0.440. The number of hydrogen-bond acceptors (Lipinski definition) is 5. The Hall–Kier alpha value is -3.26. The van der Waals surface area contributed by atoms with Crippen molar-refractivity contribution in [3.05, 3.63) is 65.1 Å². The van der Waals surface area contributed by atoms with E-state index in [0.29, 0.717) is 12.2 Å². The van der Waals surface area contributed by atoms with Gasteiger partial charge in [-0.15, -0.1) is 0 Å². The summed E-state index contributed by atoms with van der Waals surface area (Å²) in [6.07, 6.45) is 9.69. The van der Waals surface area contributed by atoms with Crippen molar-refractivity contribution in [3.8, 4) is 0 Å². The normalized spacial score (nSPS) is 19.6. The quantitative estimate of drug-likeness (QED) is 0.649. The number of likely N-dealkylation sites (tertiary alicyclic amines) is 2. The molecule has 33 heavy (non-hydrogen) atoms. The van der Waals surface area contributed by atoms with Gasteiger partial charge in [-0.05, 0) is 62.9 Å². The third-order valence-electron chi connectivity index (χ3n) is 6.89. The molecule has 5 rings (SSSR count). The largest absolute Gasteiger partial charge is 0.365 e. The summed E-state index contributed by atoms with van der Waals surface area (Å²) in [6.45, 7) is 3.67. The number of nitrogens with zero attached hydrogens (tertiary/aromatic N) is 5. The monoisotopic (exact) mass is 446 g/mol. The average Bonchev–Trinajstić information content (AvgIpc) is 3.29.